The molecule has 1 aliphatic heterocycles. The number of amides is 4. The van der Waals surface area contributed by atoms with E-state index in [1.165, 1.54) is 34.6 Å². The van der Waals surface area contributed by atoms with E-state index < -0.39 is 96.3 Å². The minimum Gasteiger partial charge on any atom is -0.465 e. The number of hydrogen-bond donors (Lipinski definition) is 4. The standard InChI is InChI=1S/C25H37F5N4O7/c1-22(2,3)16(33-21(39)40)20(38)34-11-14(41-25(28,29)30)23(4,5)17(34)19(37)32-13(9-10-24(6,26)27)15(35)18(36)31-12-7-8-12/h12-14,16-17,33H,7-11H2,1-6H3,(H,31,36)(H,32,37)(H,39,40)/t13?,14-,16?,17+/m0/s1. The van der Waals surface area contributed by atoms with Crippen LogP contribution < -0.4 is 16.0 Å². The van der Waals surface area contributed by atoms with E-state index in [0.29, 0.717) is 19.8 Å². The topological polar surface area (TPSA) is 154 Å². The van der Waals surface area contributed by atoms with Gasteiger partial charge in [0.15, 0.2) is 0 Å². The molecular formula is C25H37F5N4O7. The minimum absolute atomic E-state index is 0.270. The van der Waals surface area contributed by atoms with Crippen molar-refractivity contribution < 1.29 is 55.8 Å². The number of alkyl halides is 5. The number of halogens is 5. The molecule has 1 aliphatic carbocycles. The lowest BCUT2D eigenvalue weighted by molar-refractivity contribution is -0.349. The summed E-state index contributed by atoms with van der Waals surface area (Å²) in [5.74, 6) is -7.87. The molecule has 4 atom stereocenters. The highest BCUT2D eigenvalue weighted by molar-refractivity contribution is 6.38. The van der Waals surface area contributed by atoms with Crippen LogP contribution >= 0.6 is 0 Å². The Bertz CT molecular complexity index is 1030. The average Bonchev–Trinajstić information content (AvgIpc) is 3.55. The highest BCUT2D eigenvalue weighted by Gasteiger charge is 2.58. The van der Waals surface area contributed by atoms with Crippen molar-refractivity contribution in [2.45, 2.75) is 110 Å². The molecule has 1 saturated carbocycles. The number of likely N-dealkylation sites (tertiary alicyclic amines) is 1. The fraction of sp³-hybridized carbons (Fsp3) is 0.800. The molecule has 234 valence electrons. The molecule has 16 heteroatoms. The summed E-state index contributed by atoms with van der Waals surface area (Å²) >= 11 is 0. The van der Waals surface area contributed by atoms with Gasteiger partial charge in [-0.3, -0.25) is 23.9 Å². The summed E-state index contributed by atoms with van der Waals surface area (Å²) in [4.78, 5) is 64.6. The molecule has 2 aliphatic rings. The lowest BCUT2D eigenvalue weighted by atomic mass is 9.81. The lowest BCUT2D eigenvalue weighted by Crippen LogP contribution is -2.61. The Morgan fingerprint density at radius 1 is 1.00 bits per heavy atom. The first kappa shape index (κ1) is 34.2. The predicted molar refractivity (Wildman–Crippen MR) is 133 cm³/mol. The van der Waals surface area contributed by atoms with Gasteiger partial charge in [-0.15, -0.1) is 13.2 Å². The third-order valence-corrected chi connectivity index (χ3v) is 7.04. The molecule has 4 amide bonds. The molecule has 0 spiro atoms. The van der Waals surface area contributed by atoms with Crippen molar-refractivity contribution >= 4 is 29.6 Å². The molecule has 2 unspecified atom stereocenters. The summed E-state index contributed by atoms with van der Waals surface area (Å²) < 4.78 is 71.4. The van der Waals surface area contributed by atoms with Crippen molar-refractivity contribution in [3.8, 4) is 0 Å². The zero-order chi connectivity index (χ0) is 31.7. The number of rotatable bonds is 11. The molecule has 0 aromatic rings. The van der Waals surface area contributed by atoms with E-state index in [4.69, 9.17) is 0 Å². The Hall–Kier alpha value is -3.04. The molecule has 0 bridgehead atoms. The van der Waals surface area contributed by atoms with Crippen LogP contribution in [0, 0.1) is 10.8 Å². The summed E-state index contributed by atoms with van der Waals surface area (Å²) in [6.45, 7) is 6.66. The second kappa shape index (κ2) is 12.1. The third-order valence-electron chi connectivity index (χ3n) is 7.04. The zero-order valence-electron chi connectivity index (χ0n) is 23.7. The first-order valence-electron chi connectivity index (χ1n) is 13.0. The number of hydrogen-bond acceptors (Lipinski definition) is 6. The van der Waals surface area contributed by atoms with Crippen LogP contribution in [0.5, 0.6) is 0 Å². The van der Waals surface area contributed by atoms with Gasteiger partial charge in [0.1, 0.15) is 12.1 Å². The molecule has 11 nitrogen and oxygen atoms in total. The third kappa shape index (κ3) is 9.50. The molecule has 0 radical (unpaired) electrons. The summed E-state index contributed by atoms with van der Waals surface area (Å²) in [6, 6.07) is -5.34. The number of carboxylic acid groups (broad SMARTS) is 1. The monoisotopic (exact) mass is 600 g/mol. The number of ether oxygens (including phenoxy) is 1. The summed E-state index contributed by atoms with van der Waals surface area (Å²) in [6.07, 6.45) is -8.95. The quantitative estimate of drug-likeness (QED) is 0.210. The maximum absolute atomic E-state index is 13.7. The number of nitrogens with zero attached hydrogens (tertiary/aromatic N) is 1. The van der Waals surface area contributed by atoms with Crippen LogP contribution in [0.15, 0.2) is 0 Å². The molecule has 2 rings (SSSR count). The van der Waals surface area contributed by atoms with Gasteiger partial charge in [-0.2, -0.15) is 0 Å². The maximum atomic E-state index is 13.7. The van der Waals surface area contributed by atoms with Crippen LogP contribution in [0.25, 0.3) is 0 Å². The molecule has 41 heavy (non-hydrogen) atoms. The van der Waals surface area contributed by atoms with Gasteiger partial charge < -0.3 is 26.0 Å². The minimum atomic E-state index is -5.17. The van der Waals surface area contributed by atoms with Crippen molar-refractivity contribution in [2.75, 3.05) is 6.54 Å². The number of carbonyl (C=O) groups is 5. The highest BCUT2D eigenvalue weighted by Crippen LogP contribution is 2.42. The molecule has 0 aromatic heterocycles. The number of Topliss-reactive ketones (excluding diaryl/α,β-unsaturated/α-hetero) is 1. The second-order valence-electron chi connectivity index (χ2n) is 12.3. The van der Waals surface area contributed by atoms with Gasteiger partial charge in [0.2, 0.25) is 23.5 Å². The Balaban J connectivity index is 2.47. The lowest BCUT2D eigenvalue weighted by Gasteiger charge is -2.37. The average molecular weight is 601 g/mol. The molecule has 2 fully saturated rings. The van der Waals surface area contributed by atoms with Crippen molar-refractivity contribution in [3.05, 3.63) is 0 Å². The molecule has 0 aromatic carbocycles. The smallest absolute Gasteiger partial charge is 0.465 e. The summed E-state index contributed by atoms with van der Waals surface area (Å²) in [5.41, 5.74) is -2.88. The fourth-order valence-electron chi connectivity index (χ4n) is 4.64. The van der Waals surface area contributed by atoms with Crippen molar-refractivity contribution in [3.63, 3.8) is 0 Å². The van der Waals surface area contributed by atoms with E-state index in [2.05, 4.69) is 15.4 Å². The highest BCUT2D eigenvalue weighted by atomic mass is 19.4. The predicted octanol–water partition coefficient (Wildman–Crippen LogP) is 2.58. The van der Waals surface area contributed by atoms with E-state index in [-0.39, 0.29) is 6.04 Å². The molecule has 1 heterocycles. The van der Waals surface area contributed by atoms with Crippen LogP contribution in [0.2, 0.25) is 0 Å². The number of carbonyl (C=O) groups excluding carboxylic acids is 4. The fourth-order valence-corrected chi connectivity index (χ4v) is 4.64. The Kier molecular flexibility index (Phi) is 10.0. The Morgan fingerprint density at radius 3 is 2.00 bits per heavy atom. The van der Waals surface area contributed by atoms with Crippen molar-refractivity contribution in [1.82, 2.24) is 20.9 Å². The molecular weight excluding hydrogens is 563 g/mol. The molecule has 1 saturated heterocycles. The van der Waals surface area contributed by atoms with Crippen LogP contribution in [0.3, 0.4) is 0 Å². The van der Waals surface area contributed by atoms with E-state index in [1.807, 2.05) is 5.32 Å². The van der Waals surface area contributed by atoms with E-state index in [9.17, 15) is 51.0 Å². The summed E-state index contributed by atoms with van der Waals surface area (Å²) in [7, 11) is 0. The largest absolute Gasteiger partial charge is 0.522 e. The van der Waals surface area contributed by atoms with Gasteiger partial charge in [0, 0.05) is 24.4 Å². The van der Waals surface area contributed by atoms with Crippen molar-refractivity contribution in [2.24, 2.45) is 10.8 Å². The van der Waals surface area contributed by atoms with Crippen LogP contribution in [0.1, 0.15) is 67.2 Å². The van der Waals surface area contributed by atoms with Crippen LogP contribution in [-0.4, -0.2) is 88.7 Å². The first-order valence-corrected chi connectivity index (χ1v) is 13.0. The number of nitrogens with one attached hydrogen (secondary N) is 3. The van der Waals surface area contributed by atoms with Gasteiger partial charge in [0.25, 0.3) is 5.91 Å². The Labute approximate surface area is 233 Å². The first-order chi connectivity index (χ1) is 18.4. The van der Waals surface area contributed by atoms with E-state index >= 15 is 0 Å². The number of ketones is 1. The summed E-state index contributed by atoms with van der Waals surface area (Å²) in [5, 5.41) is 15.9. The van der Waals surface area contributed by atoms with Crippen LogP contribution in [-0.2, 0) is 23.9 Å². The van der Waals surface area contributed by atoms with Gasteiger partial charge in [0.05, 0.1) is 12.1 Å². The maximum Gasteiger partial charge on any atom is 0.522 e. The van der Waals surface area contributed by atoms with Gasteiger partial charge in [-0.1, -0.05) is 34.6 Å². The molecule has 4 N–H and O–H groups in total. The van der Waals surface area contributed by atoms with Crippen LogP contribution in [0.4, 0.5) is 26.7 Å². The Morgan fingerprint density at radius 2 is 1.56 bits per heavy atom. The van der Waals surface area contributed by atoms with E-state index in [1.54, 1.807) is 0 Å². The van der Waals surface area contributed by atoms with Gasteiger partial charge >= 0.3 is 12.5 Å². The zero-order valence-corrected chi connectivity index (χ0v) is 23.7. The van der Waals surface area contributed by atoms with Crippen molar-refractivity contribution in [1.29, 1.82) is 0 Å². The SMILES string of the molecule is CC(F)(F)CCC(NC(=O)[C@H]1N(C(=O)C(NC(=O)O)C(C)(C)C)C[C@H](OC(F)(F)F)C1(C)C)C(=O)C(=O)NC1CC1. The normalized spacial score (nSPS) is 22.5. The second-order valence-corrected chi connectivity index (χ2v) is 12.3. The van der Waals surface area contributed by atoms with E-state index in [0.717, 1.165) is 4.90 Å². The van der Waals surface area contributed by atoms with Gasteiger partial charge in [-0.05, 0) is 31.6 Å². The van der Waals surface area contributed by atoms with Gasteiger partial charge in [-0.25, -0.2) is 13.6 Å².